The van der Waals surface area contributed by atoms with Crippen LogP contribution in [-0.2, 0) is 9.59 Å². The van der Waals surface area contributed by atoms with Crippen LogP contribution in [0.15, 0.2) is 29.2 Å². The van der Waals surface area contributed by atoms with E-state index < -0.39 is 12.0 Å². The van der Waals surface area contributed by atoms with Crippen LogP contribution in [-0.4, -0.2) is 45.3 Å². The third-order valence-corrected chi connectivity index (χ3v) is 5.12. The van der Waals surface area contributed by atoms with Crippen molar-refractivity contribution in [1.82, 2.24) is 4.90 Å². The molecule has 6 heteroatoms. The van der Waals surface area contributed by atoms with Gasteiger partial charge in [0.05, 0.1) is 5.88 Å². The molecule has 0 saturated carbocycles. The lowest BCUT2D eigenvalue weighted by Gasteiger charge is -2.20. The van der Waals surface area contributed by atoms with Gasteiger partial charge < -0.3 is 10.0 Å². The van der Waals surface area contributed by atoms with E-state index in [0.717, 1.165) is 4.90 Å². The number of amides is 1. The molecule has 1 atom stereocenters. The van der Waals surface area contributed by atoms with Crippen molar-refractivity contribution in [2.45, 2.75) is 24.3 Å². The average molecular weight is 311 g/mol. The van der Waals surface area contributed by atoms with Crippen LogP contribution in [0.1, 0.15) is 12.0 Å². The normalized spacial score (nSPS) is 18.2. The molecule has 1 N–H and O–H groups in total. The first-order valence-electron chi connectivity index (χ1n) is 6.37. The Morgan fingerprint density at radius 3 is 2.75 bits per heavy atom. The predicted octanol–water partition coefficient (Wildman–Crippen LogP) is 2.46. The largest absolute Gasteiger partial charge is 0.480 e. The van der Waals surface area contributed by atoms with E-state index in [-0.39, 0.29) is 5.91 Å². The SMILES string of the molecule is Cc1ccc(SCCC(=O)N2CSC[C@H]2C(=O)O)cc1. The molecule has 0 aliphatic carbocycles. The molecule has 1 heterocycles. The van der Waals surface area contributed by atoms with Gasteiger partial charge in [0.1, 0.15) is 6.04 Å². The van der Waals surface area contributed by atoms with Crippen molar-refractivity contribution >= 4 is 35.4 Å². The fraction of sp³-hybridized carbons (Fsp3) is 0.429. The van der Waals surface area contributed by atoms with Crippen molar-refractivity contribution in [3.05, 3.63) is 29.8 Å². The molecule has 0 radical (unpaired) electrons. The molecule has 1 aromatic rings. The van der Waals surface area contributed by atoms with Crippen LogP contribution in [0.4, 0.5) is 0 Å². The number of aliphatic carboxylic acids is 1. The molecule has 20 heavy (non-hydrogen) atoms. The summed E-state index contributed by atoms with van der Waals surface area (Å²) in [7, 11) is 0. The van der Waals surface area contributed by atoms with Crippen molar-refractivity contribution in [2.75, 3.05) is 17.4 Å². The van der Waals surface area contributed by atoms with Crippen LogP contribution in [0.2, 0.25) is 0 Å². The summed E-state index contributed by atoms with van der Waals surface area (Å²) < 4.78 is 0. The zero-order chi connectivity index (χ0) is 14.5. The summed E-state index contributed by atoms with van der Waals surface area (Å²) in [4.78, 5) is 25.7. The van der Waals surface area contributed by atoms with Gasteiger partial charge in [-0.05, 0) is 19.1 Å². The minimum absolute atomic E-state index is 0.0676. The number of nitrogens with zero attached hydrogens (tertiary/aromatic N) is 1. The van der Waals surface area contributed by atoms with E-state index in [1.165, 1.54) is 22.2 Å². The summed E-state index contributed by atoms with van der Waals surface area (Å²) in [6.07, 6.45) is 0.378. The van der Waals surface area contributed by atoms with Gasteiger partial charge >= 0.3 is 5.97 Å². The smallest absolute Gasteiger partial charge is 0.327 e. The average Bonchev–Trinajstić information content (AvgIpc) is 2.90. The Morgan fingerprint density at radius 2 is 2.10 bits per heavy atom. The Morgan fingerprint density at radius 1 is 1.40 bits per heavy atom. The van der Waals surface area contributed by atoms with Crippen LogP contribution in [0.25, 0.3) is 0 Å². The molecule has 1 aliphatic heterocycles. The topological polar surface area (TPSA) is 57.6 Å². The first-order chi connectivity index (χ1) is 9.58. The monoisotopic (exact) mass is 311 g/mol. The molecule has 1 aliphatic rings. The highest BCUT2D eigenvalue weighted by Crippen LogP contribution is 2.24. The lowest BCUT2D eigenvalue weighted by molar-refractivity contribution is -0.147. The van der Waals surface area contributed by atoms with E-state index in [9.17, 15) is 9.59 Å². The van der Waals surface area contributed by atoms with E-state index in [1.807, 2.05) is 31.2 Å². The van der Waals surface area contributed by atoms with Gasteiger partial charge in [0.2, 0.25) is 5.91 Å². The predicted molar refractivity (Wildman–Crippen MR) is 82.1 cm³/mol. The van der Waals surface area contributed by atoms with Crippen LogP contribution >= 0.6 is 23.5 Å². The van der Waals surface area contributed by atoms with Crippen molar-refractivity contribution in [1.29, 1.82) is 0 Å². The number of rotatable bonds is 5. The quantitative estimate of drug-likeness (QED) is 0.847. The second kappa shape index (κ2) is 7.04. The van der Waals surface area contributed by atoms with Gasteiger partial charge in [-0.15, -0.1) is 23.5 Å². The van der Waals surface area contributed by atoms with Gasteiger partial charge in [-0.2, -0.15) is 0 Å². The molecule has 2 rings (SSSR count). The number of carboxylic acid groups (broad SMARTS) is 1. The molecule has 1 saturated heterocycles. The Labute approximate surface area is 126 Å². The fourth-order valence-corrected chi connectivity index (χ4v) is 3.94. The molecule has 0 aromatic heterocycles. The van der Waals surface area contributed by atoms with E-state index >= 15 is 0 Å². The molecule has 1 amide bonds. The lowest BCUT2D eigenvalue weighted by Crippen LogP contribution is -2.41. The summed E-state index contributed by atoms with van der Waals surface area (Å²) in [5.74, 6) is 0.684. The second-order valence-corrected chi connectivity index (χ2v) is 6.80. The van der Waals surface area contributed by atoms with Gasteiger partial charge in [0.15, 0.2) is 0 Å². The van der Waals surface area contributed by atoms with E-state index in [2.05, 4.69) is 0 Å². The summed E-state index contributed by atoms with van der Waals surface area (Å²) in [6, 6.07) is 7.51. The fourth-order valence-electron chi connectivity index (χ4n) is 1.93. The Balaban J connectivity index is 1.80. The van der Waals surface area contributed by atoms with Crippen molar-refractivity contribution in [3.8, 4) is 0 Å². The molecule has 1 aromatic carbocycles. The number of hydrogen-bond acceptors (Lipinski definition) is 4. The molecule has 1 fully saturated rings. The molecule has 4 nitrogen and oxygen atoms in total. The van der Waals surface area contributed by atoms with Gasteiger partial charge in [-0.25, -0.2) is 4.79 Å². The zero-order valence-corrected chi connectivity index (χ0v) is 12.9. The van der Waals surface area contributed by atoms with Gasteiger partial charge in [-0.3, -0.25) is 4.79 Å². The molecule has 108 valence electrons. The maximum atomic E-state index is 12.0. The minimum Gasteiger partial charge on any atom is -0.480 e. The number of aryl methyl sites for hydroxylation is 1. The van der Waals surface area contributed by atoms with Crippen LogP contribution in [0.3, 0.4) is 0 Å². The molecule has 0 spiro atoms. The number of thioether (sulfide) groups is 2. The maximum Gasteiger partial charge on any atom is 0.327 e. The van der Waals surface area contributed by atoms with Crippen molar-refractivity contribution in [2.24, 2.45) is 0 Å². The zero-order valence-electron chi connectivity index (χ0n) is 11.2. The maximum absolute atomic E-state index is 12.0. The highest BCUT2D eigenvalue weighted by molar-refractivity contribution is 7.99. The third-order valence-electron chi connectivity index (χ3n) is 3.09. The Bertz CT molecular complexity index is 490. The number of carboxylic acids is 1. The first-order valence-corrected chi connectivity index (χ1v) is 8.51. The summed E-state index contributed by atoms with van der Waals surface area (Å²) in [5.41, 5.74) is 1.21. The van der Waals surface area contributed by atoms with E-state index in [1.54, 1.807) is 11.8 Å². The van der Waals surface area contributed by atoms with Crippen LogP contribution < -0.4 is 0 Å². The molecular formula is C14H17NO3S2. The number of carbonyl (C=O) groups is 2. The highest BCUT2D eigenvalue weighted by atomic mass is 32.2. The van der Waals surface area contributed by atoms with Crippen molar-refractivity contribution < 1.29 is 14.7 Å². The third kappa shape index (κ3) is 3.93. The summed E-state index contributed by atoms with van der Waals surface area (Å²) in [5, 5.41) is 9.05. The second-order valence-electron chi connectivity index (χ2n) is 4.63. The number of hydrogen-bond donors (Lipinski definition) is 1. The number of carbonyl (C=O) groups excluding carboxylic acids is 1. The van der Waals surface area contributed by atoms with Gasteiger partial charge in [0, 0.05) is 22.8 Å². The van der Waals surface area contributed by atoms with Crippen molar-refractivity contribution in [3.63, 3.8) is 0 Å². The Hall–Kier alpha value is -1.14. The molecular weight excluding hydrogens is 294 g/mol. The Kier molecular flexibility index (Phi) is 5.37. The van der Waals surface area contributed by atoms with Gasteiger partial charge in [0.25, 0.3) is 0 Å². The van der Waals surface area contributed by atoms with Gasteiger partial charge in [-0.1, -0.05) is 17.7 Å². The summed E-state index contributed by atoms with van der Waals surface area (Å²) in [6.45, 7) is 2.04. The standard InChI is InChI=1S/C14H17NO3S2/c1-10-2-4-11(5-3-10)20-7-6-13(16)15-9-19-8-12(15)14(17)18/h2-5,12H,6-9H2,1H3,(H,17,18)/t12-/m0/s1. The molecule has 0 unspecified atom stereocenters. The van der Waals surface area contributed by atoms with E-state index in [4.69, 9.17) is 5.11 Å². The van der Waals surface area contributed by atoms with E-state index in [0.29, 0.717) is 23.8 Å². The first kappa shape index (κ1) is 15.3. The minimum atomic E-state index is -0.908. The summed E-state index contributed by atoms with van der Waals surface area (Å²) >= 11 is 3.12. The van der Waals surface area contributed by atoms with Crippen LogP contribution in [0.5, 0.6) is 0 Å². The highest BCUT2D eigenvalue weighted by Gasteiger charge is 2.33. The van der Waals surface area contributed by atoms with Crippen LogP contribution in [0, 0.1) is 6.92 Å². The molecule has 0 bridgehead atoms. The lowest BCUT2D eigenvalue weighted by atomic mass is 10.2. The number of benzene rings is 1.